The van der Waals surface area contributed by atoms with Gasteiger partial charge in [-0.3, -0.25) is 4.98 Å². The maximum atomic E-state index is 13.1. The van der Waals surface area contributed by atoms with Crippen LogP contribution in [0.4, 0.5) is 4.79 Å². The van der Waals surface area contributed by atoms with Crippen LogP contribution >= 0.6 is 0 Å². The van der Waals surface area contributed by atoms with Crippen molar-refractivity contribution in [1.82, 2.24) is 10.3 Å². The lowest BCUT2D eigenvalue weighted by Gasteiger charge is -2.35. The van der Waals surface area contributed by atoms with Crippen LogP contribution in [0.1, 0.15) is 72.4 Å². The smallest absolute Gasteiger partial charge is 0.404 e. The number of aromatic nitrogens is 1. The van der Waals surface area contributed by atoms with E-state index < -0.39 is 29.5 Å². The summed E-state index contributed by atoms with van der Waals surface area (Å²) in [5.41, 5.74) is -0.930. The van der Waals surface area contributed by atoms with E-state index in [4.69, 9.17) is 14.2 Å². The molecule has 1 aromatic heterocycles. The number of pyridine rings is 1. The molecule has 2 aliphatic rings. The summed E-state index contributed by atoms with van der Waals surface area (Å²) in [5.74, 6) is -0.200. The Balaban J connectivity index is 1.87. The Morgan fingerprint density at radius 2 is 2.00 bits per heavy atom. The van der Waals surface area contributed by atoms with Gasteiger partial charge in [-0.05, 0) is 50.0 Å². The Hall–Kier alpha value is -2.35. The first kappa shape index (κ1) is 24.3. The van der Waals surface area contributed by atoms with Crippen molar-refractivity contribution in [3.63, 3.8) is 0 Å². The number of esters is 1. The van der Waals surface area contributed by atoms with Crippen molar-refractivity contribution in [3.8, 4) is 5.75 Å². The van der Waals surface area contributed by atoms with Crippen molar-refractivity contribution in [1.29, 1.82) is 0 Å². The predicted octanol–water partition coefficient (Wildman–Crippen LogP) is 4.31. The molecule has 0 radical (unpaired) electrons. The highest BCUT2D eigenvalue weighted by Crippen LogP contribution is 2.39. The molecule has 1 amide bonds. The first-order valence-electron chi connectivity index (χ1n) is 11.5. The highest BCUT2D eigenvalue weighted by Gasteiger charge is 2.59. The lowest BCUT2D eigenvalue weighted by molar-refractivity contribution is -0.170. The largest absolute Gasteiger partial charge is 0.490 e. The molecule has 178 valence electrons. The van der Waals surface area contributed by atoms with Gasteiger partial charge in [-0.25, -0.2) is 9.59 Å². The van der Waals surface area contributed by atoms with Crippen molar-refractivity contribution < 1.29 is 28.9 Å². The summed E-state index contributed by atoms with van der Waals surface area (Å²) < 4.78 is 17.8. The molecule has 1 saturated carbocycles. The van der Waals surface area contributed by atoms with Gasteiger partial charge < -0.3 is 24.6 Å². The summed E-state index contributed by atoms with van der Waals surface area (Å²) in [5, 5.41) is 11.9. The van der Waals surface area contributed by atoms with E-state index in [1.54, 1.807) is 20.0 Å². The molecular weight excluding hydrogens is 412 g/mol. The normalized spacial score (nSPS) is 28.2. The molecular formula is C24H36N2O6. The molecule has 1 aliphatic heterocycles. The monoisotopic (exact) mass is 448 g/mol. The van der Waals surface area contributed by atoms with Crippen LogP contribution in [0.3, 0.4) is 0 Å². The fourth-order valence-electron chi connectivity index (χ4n) is 4.68. The van der Waals surface area contributed by atoms with Crippen LogP contribution in [0, 0.1) is 11.8 Å². The number of cyclic esters (lactones) is 1. The minimum absolute atomic E-state index is 0.0752. The van der Waals surface area contributed by atoms with Gasteiger partial charge in [-0.15, -0.1) is 0 Å². The lowest BCUT2D eigenvalue weighted by atomic mass is 9.84. The van der Waals surface area contributed by atoms with Crippen molar-refractivity contribution in [2.75, 3.05) is 0 Å². The summed E-state index contributed by atoms with van der Waals surface area (Å²) in [4.78, 5) is 29.1. The number of ether oxygens (including phenoxy) is 3. The minimum Gasteiger partial charge on any atom is -0.490 e. The van der Waals surface area contributed by atoms with Crippen molar-refractivity contribution >= 4 is 12.1 Å². The van der Waals surface area contributed by atoms with E-state index in [9.17, 15) is 14.7 Å². The Kier molecular flexibility index (Phi) is 7.32. The predicted molar refractivity (Wildman–Crippen MR) is 118 cm³/mol. The van der Waals surface area contributed by atoms with E-state index in [2.05, 4.69) is 17.2 Å². The average Bonchev–Trinajstić information content (AvgIpc) is 2.91. The van der Waals surface area contributed by atoms with E-state index >= 15 is 0 Å². The molecule has 0 aromatic carbocycles. The highest BCUT2D eigenvalue weighted by molar-refractivity contribution is 5.84. The summed E-state index contributed by atoms with van der Waals surface area (Å²) in [6.07, 6.45) is 5.43. The first-order chi connectivity index (χ1) is 15.0. The third-order valence-electron chi connectivity index (χ3n) is 6.18. The van der Waals surface area contributed by atoms with Gasteiger partial charge >= 0.3 is 12.1 Å². The molecule has 2 N–H and O–H groups in total. The minimum atomic E-state index is -1.52. The van der Waals surface area contributed by atoms with Crippen LogP contribution < -0.4 is 10.1 Å². The molecule has 2 heterocycles. The summed E-state index contributed by atoms with van der Waals surface area (Å²) >= 11 is 0. The van der Waals surface area contributed by atoms with E-state index in [-0.39, 0.29) is 18.4 Å². The van der Waals surface area contributed by atoms with Gasteiger partial charge in [0, 0.05) is 38.2 Å². The molecule has 1 saturated heterocycles. The van der Waals surface area contributed by atoms with Gasteiger partial charge in [0.15, 0.2) is 5.60 Å². The van der Waals surface area contributed by atoms with Crippen LogP contribution in [0.15, 0.2) is 18.3 Å². The van der Waals surface area contributed by atoms with Crippen molar-refractivity contribution in [2.24, 2.45) is 11.8 Å². The molecule has 2 fully saturated rings. The average molecular weight is 449 g/mol. The summed E-state index contributed by atoms with van der Waals surface area (Å²) in [7, 11) is 0. The van der Waals surface area contributed by atoms with Crippen LogP contribution in [0.25, 0.3) is 0 Å². The van der Waals surface area contributed by atoms with Crippen LogP contribution in [0.2, 0.25) is 0 Å². The number of carboxylic acid groups (broad SMARTS) is 1. The van der Waals surface area contributed by atoms with Gasteiger partial charge in [0.2, 0.25) is 5.79 Å². The molecule has 1 aromatic rings. The fraction of sp³-hybridized carbons (Fsp3) is 0.708. The van der Waals surface area contributed by atoms with Crippen LogP contribution in [0.5, 0.6) is 5.75 Å². The highest BCUT2D eigenvalue weighted by atomic mass is 16.8. The molecule has 32 heavy (non-hydrogen) atoms. The lowest BCUT2D eigenvalue weighted by Crippen LogP contribution is -2.58. The third kappa shape index (κ3) is 5.91. The first-order valence-corrected chi connectivity index (χ1v) is 11.5. The zero-order valence-electron chi connectivity index (χ0n) is 19.7. The van der Waals surface area contributed by atoms with Crippen molar-refractivity contribution in [3.05, 3.63) is 24.0 Å². The number of hydrogen-bond donors (Lipinski definition) is 2. The Labute approximate surface area is 190 Å². The summed E-state index contributed by atoms with van der Waals surface area (Å²) in [6.45, 7) is 9.50. The van der Waals surface area contributed by atoms with E-state index in [0.29, 0.717) is 17.9 Å². The second-order valence-corrected chi connectivity index (χ2v) is 10.1. The summed E-state index contributed by atoms with van der Waals surface area (Å²) in [6, 6.07) is 2.84. The zero-order valence-corrected chi connectivity index (χ0v) is 19.7. The van der Waals surface area contributed by atoms with Crippen molar-refractivity contribution in [2.45, 2.75) is 96.7 Å². The van der Waals surface area contributed by atoms with Gasteiger partial charge in [0.05, 0.1) is 12.1 Å². The molecule has 2 atom stereocenters. The number of carbonyl (C=O) groups excluding carboxylic acids is 1. The maximum absolute atomic E-state index is 13.1. The zero-order chi connectivity index (χ0) is 23.5. The number of nitrogens with zero attached hydrogens (tertiary/aromatic N) is 1. The van der Waals surface area contributed by atoms with E-state index in [1.165, 1.54) is 0 Å². The van der Waals surface area contributed by atoms with E-state index in [1.807, 2.05) is 26.0 Å². The number of rotatable bonds is 8. The standard InChI is InChI=1S/C24H36N2O6/c1-15(2)12-20(26-22(28)29)24(21(27)31-23(4,5)32-24)14-17-13-19(10-11-25-17)30-18-8-6-16(3)7-9-18/h10-11,13,15-16,18,20,26H,6-9,12,14H2,1-5H3,(H,28,29)/t16?,18?,20-,24+/m0/s1. The molecule has 0 spiro atoms. The van der Waals surface area contributed by atoms with Gasteiger partial charge in [-0.2, -0.15) is 0 Å². The quantitative estimate of drug-likeness (QED) is 0.571. The fourth-order valence-corrected chi connectivity index (χ4v) is 4.68. The van der Waals surface area contributed by atoms with E-state index in [0.717, 1.165) is 31.6 Å². The third-order valence-corrected chi connectivity index (χ3v) is 6.18. The van der Waals surface area contributed by atoms with Gasteiger partial charge in [0.25, 0.3) is 0 Å². The van der Waals surface area contributed by atoms with Gasteiger partial charge in [-0.1, -0.05) is 20.8 Å². The Morgan fingerprint density at radius 3 is 2.56 bits per heavy atom. The molecule has 8 heteroatoms. The van der Waals surface area contributed by atoms with Crippen LogP contribution in [-0.4, -0.2) is 45.7 Å². The number of hydrogen-bond acceptors (Lipinski definition) is 6. The second-order valence-electron chi connectivity index (χ2n) is 10.1. The molecule has 0 bridgehead atoms. The van der Waals surface area contributed by atoms with Crippen LogP contribution in [-0.2, 0) is 20.7 Å². The molecule has 3 rings (SSSR count). The topological polar surface area (TPSA) is 107 Å². The Morgan fingerprint density at radius 1 is 1.31 bits per heavy atom. The SMILES string of the molecule is CC(C)C[C@H](NC(=O)O)[C@@]1(Cc2cc(OC3CCC(C)CC3)ccn2)OC(C)(C)OC1=O. The number of amides is 1. The number of carbonyl (C=O) groups is 2. The molecule has 8 nitrogen and oxygen atoms in total. The molecule has 0 unspecified atom stereocenters. The second kappa shape index (κ2) is 9.65. The Bertz CT molecular complexity index is 818. The number of nitrogens with one attached hydrogen (secondary N) is 1. The maximum Gasteiger partial charge on any atom is 0.404 e. The molecule has 1 aliphatic carbocycles. The van der Waals surface area contributed by atoms with Gasteiger partial charge in [0.1, 0.15) is 5.75 Å².